The van der Waals surface area contributed by atoms with Crippen LogP contribution in [0.5, 0.6) is 0 Å². The first-order valence-electron chi connectivity index (χ1n) is 6.59. The van der Waals surface area contributed by atoms with E-state index in [0.717, 1.165) is 5.56 Å². The molecular formula is C16H12N2O4. The van der Waals surface area contributed by atoms with Gasteiger partial charge in [0.2, 0.25) is 5.78 Å². The number of nitrogens with zero attached hydrogens (tertiary/aromatic N) is 1. The minimum absolute atomic E-state index is 0.155. The van der Waals surface area contributed by atoms with Crippen molar-refractivity contribution in [2.24, 2.45) is 0 Å². The molecule has 0 saturated heterocycles. The Morgan fingerprint density at radius 2 is 1.95 bits per heavy atom. The molecule has 0 atom stereocenters. The zero-order valence-electron chi connectivity index (χ0n) is 11.5. The van der Waals surface area contributed by atoms with Gasteiger partial charge in [-0.2, -0.15) is 5.10 Å². The Hall–Kier alpha value is -3.15. The molecule has 110 valence electrons. The van der Waals surface area contributed by atoms with Crippen LogP contribution in [0.4, 0.5) is 0 Å². The molecule has 1 aromatic carbocycles. The van der Waals surface area contributed by atoms with Gasteiger partial charge in [0.25, 0.3) is 0 Å². The lowest BCUT2D eigenvalue weighted by molar-refractivity contribution is 0.0462. The van der Waals surface area contributed by atoms with Crippen LogP contribution < -0.4 is 0 Å². The first kappa shape index (κ1) is 13.8. The summed E-state index contributed by atoms with van der Waals surface area (Å²) >= 11 is 0. The van der Waals surface area contributed by atoms with Crippen molar-refractivity contribution in [2.45, 2.75) is 0 Å². The van der Waals surface area contributed by atoms with Crippen LogP contribution in [0.3, 0.4) is 0 Å². The quantitative estimate of drug-likeness (QED) is 0.578. The van der Waals surface area contributed by atoms with Crippen molar-refractivity contribution in [3.63, 3.8) is 0 Å². The summed E-state index contributed by atoms with van der Waals surface area (Å²) < 4.78 is 9.88. The molecule has 6 heteroatoms. The molecule has 0 radical (unpaired) electrons. The Morgan fingerprint density at radius 1 is 1.14 bits per heavy atom. The van der Waals surface area contributed by atoms with Gasteiger partial charge in [-0.05, 0) is 18.2 Å². The summed E-state index contributed by atoms with van der Waals surface area (Å²) in [6.07, 6.45) is 1.39. The smallest absolute Gasteiger partial charge is 0.356 e. The summed E-state index contributed by atoms with van der Waals surface area (Å²) in [7, 11) is 0. The van der Waals surface area contributed by atoms with Crippen LogP contribution in [-0.4, -0.2) is 28.6 Å². The standard InChI is InChI=1S/C16H12N2O4/c19-14(15-7-4-8-21-15)10-22-16(20)13-9-12(17-18-13)11-5-2-1-3-6-11/h1-9H,10H2,(H,17,18). The molecule has 3 rings (SSSR count). The van der Waals surface area contributed by atoms with E-state index in [9.17, 15) is 9.59 Å². The van der Waals surface area contributed by atoms with Gasteiger partial charge < -0.3 is 9.15 Å². The largest absolute Gasteiger partial charge is 0.461 e. The molecule has 0 bridgehead atoms. The molecule has 0 spiro atoms. The van der Waals surface area contributed by atoms with Crippen molar-refractivity contribution < 1.29 is 18.7 Å². The van der Waals surface area contributed by atoms with Gasteiger partial charge in [0.1, 0.15) is 5.69 Å². The number of hydrogen-bond donors (Lipinski definition) is 1. The number of furan rings is 1. The number of aromatic amines is 1. The first-order chi connectivity index (χ1) is 10.7. The number of aromatic nitrogens is 2. The average Bonchev–Trinajstić information content (AvgIpc) is 3.24. The Bertz CT molecular complexity index is 776. The highest BCUT2D eigenvalue weighted by Gasteiger charge is 2.16. The van der Waals surface area contributed by atoms with E-state index in [0.29, 0.717) is 5.69 Å². The minimum Gasteiger partial charge on any atom is -0.461 e. The highest BCUT2D eigenvalue weighted by atomic mass is 16.5. The lowest BCUT2D eigenvalue weighted by Gasteiger charge is -2.00. The number of esters is 1. The van der Waals surface area contributed by atoms with Gasteiger partial charge in [0.05, 0.1) is 12.0 Å². The summed E-state index contributed by atoms with van der Waals surface area (Å²) in [5, 5.41) is 6.66. The second kappa shape index (κ2) is 6.09. The zero-order valence-corrected chi connectivity index (χ0v) is 11.5. The maximum atomic E-state index is 11.9. The van der Waals surface area contributed by atoms with E-state index in [1.54, 1.807) is 12.1 Å². The molecule has 0 aliphatic heterocycles. The molecule has 0 aliphatic carbocycles. The summed E-state index contributed by atoms with van der Waals surface area (Å²) in [6, 6.07) is 14.1. The molecule has 0 aliphatic rings. The predicted octanol–water partition coefficient (Wildman–Crippen LogP) is 2.71. The number of nitrogens with one attached hydrogen (secondary N) is 1. The van der Waals surface area contributed by atoms with E-state index in [1.165, 1.54) is 12.3 Å². The van der Waals surface area contributed by atoms with Gasteiger partial charge in [-0.25, -0.2) is 4.79 Å². The summed E-state index contributed by atoms with van der Waals surface area (Å²) in [5.41, 5.74) is 1.69. The van der Waals surface area contributed by atoms with Crippen LogP contribution in [-0.2, 0) is 4.74 Å². The Balaban J connectivity index is 1.64. The lowest BCUT2D eigenvalue weighted by atomic mass is 10.1. The van der Waals surface area contributed by atoms with E-state index < -0.39 is 11.8 Å². The number of benzene rings is 1. The van der Waals surface area contributed by atoms with Crippen LogP contribution in [0.2, 0.25) is 0 Å². The third-order valence-electron chi connectivity index (χ3n) is 3.00. The van der Waals surface area contributed by atoms with Crippen LogP contribution in [0.1, 0.15) is 21.0 Å². The van der Waals surface area contributed by atoms with Crippen molar-refractivity contribution >= 4 is 11.8 Å². The van der Waals surface area contributed by atoms with Gasteiger partial charge in [0.15, 0.2) is 12.4 Å². The molecule has 2 aromatic heterocycles. The van der Waals surface area contributed by atoms with Crippen molar-refractivity contribution in [3.05, 3.63) is 66.2 Å². The minimum atomic E-state index is -0.644. The fraction of sp³-hybridized carbons (Fsp3) is 0.0625. The molecule has 0 fully saturated rings. The number of ketones is 1. The molecule has 1 N–H and O–H groups in total. The number of ether oxygens (including phenoxy) is 1. The number of carbonyl (C=O) groups excluding carboxylic acids is 2. The molecule has 0 unspecified atom stereocenters. The number of Topliss-reactive ketones (excluding diaryl/α,β-unsaturated/α-hetero) is 1. The number of hydrogen-bond acceptors (Lipinski definition) is 5. The first-order valence-corrected chi connectivity index (χ1v) is 6.59. The van der Waals surface area contributed by atoms with Crippen LogP contribution >= 0.6 is 0 Å². The monoisotopic (exact) mass is 296 g/mol. The van der Waals surface area contributed by atoms with Crippen molar-refractivity contribution in [1.82, 2.24) is 10.2 Å². The second-order valence-corrected chi connectivity index (χ2v) is 4.51. The van der Waals surface area contributed by atoms with Gasteiger partial charge in [0, 0.05) is 5.56 Å². The van der Waals surface area contributed by atoms with E-state index in [2.05, 4.69) is 10.2 Å². The highest BCUT2D eigenvalue weighted by Crippen LogP contribution is 2.17. The normalized spacial score (nSPS) is 10.4. The molecule has 3 aromatic rings. The van der Waals surface area contributed by atoms with Crippen LogP contribution in [0.15, 0.2) is 59.2 Å². The third-order valence-corrected chi connectivity index (χ3v) is 3.00. The zero-order chi connectivity index (χ0) is 15.4. The topological polar surface area (TPSA) is 85.2 Å². The SMILES string of the molecule is O=C(OCC(=O)c1ccco1)c1cc(-c2ccccc2)n[nH]1. The number of rotatable bonds is 5. The molecule has 6 nitrogen and oxygen atoms in total. The summed E-state index contributed by atoms with van der Waals surface area (Å²) in [4.78, 5) is 23.6. The molecule has 22 heavy (non-hydrogen) atoms. The fourth-order valence-corrected chi connectivity index (χ4v) is 1.90. The maximum absolute atomic E-state index is 11.9. The van der Waals surface area contributed by atoms with Gasteiger partial charge in [-0.1, -0.05) is 30.3 Å². The van der Waals surface area contributed by atoms with Gasteiger partial charge in [-0.3, -0.25) is 9.89 Å². The van der Waals surface area contributed by atoms with Crippen LogP contribution in [0.25, 0.3) is 11.3 Å². The maximum Gasteiger partial charge on any atom is 0.356 e. The summed E-state index contributed by atoms with van der Waals surface area (Å²) in [5.74, 6) is -0.891. The summed E-state index contributed by atoms with van der Waals surface area (Å²) in [6.45, 7) is -0.383. The molecule has 2 heterocycles. The lowest BCUT2D eigenvalue weighted by Crippen LogP contribution is -2.14. The Morgan fingerprint density at radius 3 is 2.68 bits per heavy atom. The number of carbonyl (C=O) groups is 2. The van der Waals surface area contributed by atoms with E-state index >= 15 is 0 Å². The highest BCUT2D eigenvalue weighted by molar-refractivity contribution is 5.97. The molecule has 0 amide bonds. The average molecular weight is 296 g/mol. The molecule has 0 saturated carbocycles. The van der Waals surface area contributed by atoms with E-state index in [1.807, 2.05) is 30.3 Å². The van der Waals surface area contributed by atoms with E-state index in [4.69, 9.17) is 9.15 Å². The number of H-pyrrole nitrogens is 1. The van der Waals surface area contributed by atoms with Gasteiger partial charge >= 0.3 is 5.97 Å². The van der Waals surface area contributed by atoms with Crippen molar-refractivity contribution in [3.8, 4) is 11.3 Å². The third kappa shape index (κ3) is 2.95. The molecular weight excluding hydrogens is 284 g/mol. The Kier molecular flexibility index (Phi) is 3.82. The second-order valence-electron chi connectivity index (χ2n) is 4.51. The predicted molar refractivity (Wildman–Crippen MR) is 77.3 cm³/mol. The van der Waals surface area contributed by atoms with Crippen molar-refractivity contribution in [1.29, 1.82) is 0 Å². The van der Waals surface area contributed by atoms with Gasteiger partial charge in [-0.15, -0.1) is 0 Å². The Labute approximate surface area is 125 Å². The van der Waals surface area contributed by atoms with Crippen molar-refractivity contribution in [2.75, 3.05) is 6.61 Å². The van der Waals surface area contributed by atoms with Crippen LogP contribution in [0, 0.1) is 0 Å². The van der Waals surface area contributed by atoms with E-state index in [-0.39, 0.29) is 18.1 Å². The fourth-order valence-electron chi connectivity index (χ4n) is 1.90.